The Morgan fingerprint density at radius 3 is 1.51 bits per heavy atom. The van der Waals surface area contributed by atoms with Crippen molar-refractivity contribution in [3.8, 4) is 0 Å². The third-order valence-electron chi connectivity index (χ3n) is 22.5. The van der Waals surface area contributed by atoms with Crippen molar-refractivity contribution in [2.24, 2.45) is 86.8 Å². The number of carbonyl (C=O) groups is 4. The highest BCUT2D eigenvalue weighted by atomic mass is 32.2. The molecule has 16 nitrogen and oxygen atoms in total. The molecule has 8 N–H and O–H groups in total. The number of amides is 4. The fraction of sp³-hybridized carbons (Fsp3) is 0.926. The van der Waals surface area contributed by atoms with Crippen LogP contribution in [0, 0.1) is 86.8 Å². The molecule has 0 radical (unpaired) electrons. The summed E-state index contributed by atoms with van der Waals surface area (Å²) in [6.07, 6.45) is 17.2. The van der Waals surface area contributed by atoms with Gasteiger partial charge < -0.3 is 31.5 Å². The Bertz CT molecular complexity index is 2230. The second-order valence-electron chi connectivity index (χ2n) is 26.1. The van der Waals surface area contributed by atoms with Crippen LogP contribution in [0.15, 0.2) is 0 Å². The first-order chi connectivity index (χ1) is 33.7. The number of hydrogen-bond donors (Lipinski definition) is 8. The molecule has 0 saturated heterocycles. The Kier molecular flexibility index (Phi) is 16.7. The molecule has 8 aliphatic carbocycles. The van der Waals surface area contributed by atoms with Crippen molar-refractivity contribution in [1.82, 2.24) is 21.3 Å². The highest BCUT2D eigenvalue weighted by Gasteiger charge is 2.64. The van der Waals surface area contributed by atoms with Gasteiger partial charge in [-0.3, -0.25) is 28.3 Å². The van der Waals surface area contributed by atoms with E-state index in [1.165, 1.54) is 0 Å². The molecular weight excluding hydrogens is 961 g/mol. The third kappa shape index (κ3) is 11.6. The number of fused-ring (bicyclic) bond motifs is 10. The molecule has 8 fully saturated rings. The van der Waals surface area contributed by atoms with Crippen molar-refractivity contribution >= 4 is 43.9 Å². The summed E-state index contributed by atoms with van der Waals surface area (Å²) in [7, 11) is -8.25. The van der Waals surface area contributed by atoms with E-state index in [0.717, 1.165) is 109 Å². The molecule has 0 aromatic rings. The molecule has 8 aliphatic rings. The number of nitrogens with one attached hydrogen (secondary N) is 4. The van der Waals surface area contributed by atoms with Crippen LogP contribution in [-0.4, -0.2) is 109 Å². The molecule has 0 bridgehead atoms. The highest BCUT2D eigenvalue weighted by molar-refractivity contribution is 7.86. The van der Waals surface area contributed by atoms with Crippen LogP contribution in [0.4, 0.5) is 0 Å². The van der Waals surface area contributed by atoms with E-state index >= 15 is 0 Å². The van der Waals surface area contributed by atoms with E-state index in [2.05, 4.69) is 55.9 Å². The van der Waals surface area contributed by atoms with Crippen LogP contribution in [0.5, 0.6) is 0 Å². The van der Waals surface area contributed by atoms with Crippen LogP contribution in [0.3, 0.4) is 0 Å². The van der Waals surface area contributed by atoms with Gasteiger partial charge in [0.2, 0.25) is 23.6 Å². The maximum absolute atomic E-state index is 13.5. The zero-order chi connectivity index (χ0) is 52.2. The van der Waals surface area contributed by atoms with Crippen molar-refractivity contribution in [2.45, 2.75) is 200 Å². The molecule has 0 aromatic heterocycles. The van der Waals surface area contributed by atoms with E-state index in [1.54, 1.807) is 0 Å². The van der Waals surface area contributed by atoms with Gasteiger partial charge in [-0.1, -0.05) is 34.6 Å². The van der Waals surface area contributed by atoms with Crippen molar-refractivity contribution in [1.29, 1.82) is 0 Å². The number of aliphatic hydroxyl groups is 2. The first-order valence-electron chi connectivity index (χ1n) is 28.1. The summed E-state index contributed by atoms with van der Waals surface area (Å²) in [5.74, 6) is 1.95. The average Bonchev–Trinajstić information content (AvgIpc) is 3.81. The van der Waals surface area contributed by atoms with Gasteiger partial charge in [0.15, 0.2) is 0 Å². The summed E-state index contributed by atoms with van der Waals surface area (Å²) in [6.45, 7) is 11.7. The molecule has 8 saturated carbocycles. The summed E-state index contributed by atoms with van der Waals surface area (Å²) >= 11 is 0. The van der Waals surface area contributed by atoms with Crippen LogP contribution in [0.1, 0.15) is 176 Å². The standard InChI is InChI=1S/C54H90N4O12S2/c1-32(9-14-46(62)56-24-26-72(68,69)70)38-12-13-40-50-42(18-22-54(38,40)5)53(4)20-16-37(28-35(53)30-44(50)60)58-48(64)31-47(63)57-36-15-19-52(3)34(27-36)29-43(59)49-39-11-10-33(51(39,2)21-17-41(49)52)7-6-8-45(61)55-23-25-71(65,66)67/h32-44,49-50,59-60H,6-31H2,1-5H3,(H,55,61)(H,56,62)(H,57,63)(H,58,64)(H,65,66,67)(H,68,69,70)/t32-,33+,34?,35?,36?,37?,38-,39+,40+,41+,42+,43+,44+,49+,50+,51-,52+,53+,54-/m1/s1. The molecule has 0 aliphatic heterocycles. The van der Waals surface area contributed by atoms with Crippen molar-refractivity contribution in [2.75, 3.05) is 24.6 Å². The highest BCUT2D eigenvalue weighted by Crippen LogP contribution is 2.70. The SMILES string of the molecule is C[C@H](CCC(=O)NCCS(=O)(=O)O)[C@H]1CC[C@H]2[C@@H]3[C@@H](O)CC4CC(NC(=O)CC(=O)NC5CC[C@@]6(C)C(C5)C[C@H](O)[C@H]5[C@@H]7CC[C@H](CCCC(=O)NCCS(=O)(=O)O)[C@@]7(C)CC[C@@H]56)CC[C@]4(C)[C@H]3CC[C@]12C. The Balaban J connectivity index is 0.774. The van der Waals surface area contributed by atoms with Gasteiger partial charge in [-0.05, 0) is 209 Å². The molecule has 18 heteroatoms. The third-order valence-corrected chi connectivity index (χ3v) is 24.0. The lowest BCUT2D eigenvalue weighted by molar-refractivity contribution is -0.167. The van der Waals surface area contributed by atoms with Gasteiger partial charge in [-0.25, -0.2) is 0 Å². The van der Waals surface area contributed by atoms with E-state index in [1.807, 2.05) is 0 Å². The van der Waals surface area contributed by atoms with Gasteiger partial charge in [0.1, 0.15) is 6.42 Å². The van der Waals surface area contributed by atoms with Crippen LogP contribution in [0.2, 0.25) is 0 Å². The smallest absolute Gasteiger partial charge is 0.266 e. The fourth-order valence-corrected chi connectivity index (χ4v) is 19.6. The second-order valence-corrected chi connectivity index (χ2v) is 29.2. The minimum absolute atomic E-state index is 0.0379. The quantitative estimate of drug-likeness (QED) is 0.0564. The van der Waals surface area contributed by atoms with E-state index in [-0.39, 0.29) is 101 Å². The number of hydrogen-bond acceptors (Lipinski definition) is 10. The van der Waals surface area contributed by atoms with Crippen molar-refractivity contribution in [3.63, 3.8) is 0 Å². The lowest BCUT2D eigenvalue weighted by atomic mass is 9.43. The summed E-state index contributed by atoms with van der Waals surface area (Å²) in [5, 5.41) is 35.6. The van der Waals surface area contributed by atoms with Crippen LogP contribution < -0.4 is 21.3 Å². The largest absolute Gasteiger partial charge is 0.393 e. The van der Waals surface area contributed by atoms with E-state index in [0.29, 0.717) is 67.1 Å². The monoisotopic (exact) mass is 1050 g/mol. The summed E-state index contributed by atoms with van der Waals surface area (Å²) in [6, 6.07) is -0.0779. The van der Waals surface area contributed by atoms with Crippen LogP contribution in [-0.2, 0) is 39.4 Å². The minimum Gasteiger partial charge on any atom is -0.393 e. The zero-order valence-corrected chi connectivity index (χ0v) is 45.5. The first kappa shape index (κ1) is 55.8. The predicted molar refractivity (Wildman–Crippen MR) is 273 cm³/mol. The average molecular weight is 1050 g/mol. The van der Waals surface area contributed by atoms with Gasteiger partial charge in [0.05, 0.1) is 23.7 Å². The molecule has 0 aromatic carbocycles. The summed E-state index contributed by atoms with van der Waals surface area (Å²) in [5.41, 5.74) is 0.305. The Labute approximate surface area is 430 Å². The number of carbonyl (C=O) groups excluding carboxylic acids is 4. The molecule has 19 atom stereocenters. The molecule has 0 spiro atoms. The topological polar surface area (TPSA) is 266 Å². The molecule has 72 heavy (non-hydrogen) atoms. The first-order valence-corrected chi connectivity index (χ1v) is 31.3. The predicted octanol–water partition coefficient (Wildman–Crippen LogP) is 6.20. The van der Waals surface area contributed by atoms with Gasteiger partial charge in [-0.15, -0.1) is 0 Å². The molecule has 0 heterocycles. The Hall–Kier alpha value is -2.38. The normalized spacial score (nSPS) is 42.8. The Morgan fingerprint density at radius 2 is 1.00 bits per heavy atom. The van der Waals surface area contributed by atoms with Crippen LogP contribution in [0.25, 0.3) is 0 Å². The molecule has 8 rings (SSSR count). The van der Waals surface area contributed by atoms with E-state index in [4.69, 9.17) is 9.11 Å². The lowest BCUT2D eigenvalue weighted by Crippen LogP contribution is -2.60. The molecule has 4 amide bonds. The summed E-state index contributed by atoms with van der Waals surface area (Å²) < 4.78 is 62.1. The van der Waals surface area contributed by atoms with Gasteiger partial charge >= 0.3 is 0 Å². The second kappa shape index (κ2) is 21.6. The number of rotatable bonds is 18. The molecule has 410 valence electrons. The lowest BCUT2D eigenvalue weighted by Gasteiger charge is -2.62. The molecular formula is C54H90N4O12S2. The van der Waals surface area contributed by atoms with Gasteiger partial charge in [-0.2, -0.15) is 16.8 Å². The van der Waals surface area contributed by atoms with Crippen molar-refractivity contribution in [3.05, 3.63) is 0 Å². The maximum atomic E-state index is 13.5. The fourth-order valence-electron chi connectivity index (χ4n) is 18.9. The van der Waals surface area contributed by atoms with Gasteiger partial charge in [0.25, 0.3) is 20.2 Å². The molecule has 4 unspecified atom stereocenters. The zero-order valence-electron chi connectivity index (χ0n) is 43.9. The summed E-state index contributed by atoms with van der Waals surface area (Å²) in [4.78, 5) is 51.9. The van der Waals surface area contributed by atoms with Crippen molar-refractivity contribution < 1.29 is 55.3 Å². The maximum Gasteiger partial charge on any atom is 0.266 e. The Morgan fingerprint density at radius 1 is 0.556 bits per heavy atom. The van der Waals surface area contributed by atoms with E-state index in [9.17, 15) is 46.2 Å². The van der Waals surface area contributed by atoms with E-state index < -0.39 is 43.9 Å². The number of aliphatic hydroxyl groups excluding tert-OH is 2. The van der Waals surface area contributed by atoms with Crippen LogP contribution >= 0.6 is 0 Å². The van der Waals surface area contributed by atoms with Gasteiger partial charge in [0, 0.05) is 38.0 Å². The minimum atomic E-state index is -4.13.